The molecule has 2 heterocycles. The van der Waals surface area contributed by atoms with Gasteiger partial charge in [0.05, 0.1) is 13.2 Å². The summed E-state index contributed by atoms with van der Waals surface area (Å²) in [6, 6.07) is 8.28. The minimum atomic E-state index is -0.454. The Morgan fingerprint density at radius 3 is 2.69 bits per heavy atom. The number of nitrogens with zero attached hydrogens (tertiary/aromatic N) is 1. The highest BCUT2D eigenvalue weighted by Crippen LogP contribution is 2.35. The third-order valence-electron chi connectivity index (χ3n) is 5.64. The standard InChI is InChI=1S/C20H29N3O3/c1-3-20(18-7-5-4-6-16(18)10-13-26-20)14-21-19(25)22-17-8-11-23(12-9-17)15(2)24/h4-7,17H,3,8-14H2,1-2H3,(H2,21,22,25). The maximum absolute atomic E-state index is 12.4. The van der Waals surface area contributed by atoms with Gasteiger partial charge in [-0.2, -0.15) is 0 Å². The van der Waals surface area contributed by atoms with Gasteiger partial charge in [0, 0.05) is 26.1 Å². The van der Waals surface area contributed by atoms with Gasteiger partial charge in [-0.15, -0.1) is 0 Å². The number of ether oxygens (including phenoxy) is 1. The first-order valence-corrected chi connectivity index (χ1v) is 9.56. The molecule has 0 radical (unpaired) electrons. The second kappa shape index (κ2) is 8.08. The summed E-state index contributed by atoms with van der Waals surface area (Å²) in [5, 5.41) is 6.05. The highest BCUT2D eigenvalue weighted by Gasteiger charge is 2.36. The van der Waals surface area contributed by atoms with Gasteiger partial charge in [0.1, 0.15) is 5.60 Å². The number of carbonyl (C=O) groups is 2. The summed E-state index contributed by atoms with van der Waals surface area (Å²) in [5.74, 6) is 0.103. The van der Waals surface area contributed by atoms with E-state index in [9.17, 15) is 9.59 Å². The quantitative estimate of drug-likeness (QED) is 0.866. The highest BCUT2D eigenvalue weighted by molar-refractivity contribution is 5.75. The Balaban J connectivity index is 1.55. The van der Waals surface area contributed by atoms with E-state index in [1.54, 1.807) is 6.92 Å². The molecule has 142 valence electrons. The monoisotopic (exact) mass is 359 g/mol. The first-order valence-electron chi connectivity index (χ1n) is 9.56. The number of hydrogen-bond acceptors (Lipinski definition) is 3. The molecule has 0 aliphatic carbocycles. The molecule has 2 aliphatic rings. The molecule has 1 unspecified atom stereocenters. The van der Waals surface area contributed by atoms with Gasteiger partial charge in [-0.1, -0.05) is 31.2 Å². The number of nitrogens with one attached hydrogen (secondary N) is 2. The van der Waals surface area contributed by atoms with E-state index in [1.165, 1.54) is 11.1 Å². The topological polar surface area (TPSA) is 70.7 Å². The summed E-state index contributed by atoms with van der Waals surface area (Å²) in [5.41, 5.74) is 2.03. The van der Waals surface area contributed by atoms with E-state index in [-0.39, 0.29) is 18.0 Å². The molecule has 2 N–H and O–H groups in total. The summed E-state index contributed by atoms with van der Waals surface area (Å²) < 4.78 is 6.14. The molecule has 6 nitrogen and oxygen atoms in total. The average Bonchev–Trinajstić information content (AvgIpc) is 2.67. The lowest BCUT2D eigenvalue weighted by atomic mass is 9.84. The van der Waals surface area contributed by atoms with Crippen molar-refractivity contribution in [1.29, 1.82) is 0 Å². The molecule has 3 amide bonds. The molecule has 1 aromatic rings. The van der Waals surface area contributed by atoms with Crippen molar-refractivity contribution in [3.8, 4) is 0 Å². The summed E-state index contributed by atoms with van der Waals surface area (Å²) >= 11 is 0. The van der Waals surface area contributed by atoms with E-state index in [1.807, 2.05) is 11.0 Å². The van der Waals surface area contributed by atoms with Crippen molar-refractivity contribution in [2.75, 3.05) is 26.2 Å². The molecular formula is C20H29N3O3. The minimum Gasteiger partial charge on any atom is -0.368 e. The average molecular weight is 359 g/mol. The van der Waals surface area contributed by atoms with Crippen LogP contribution < -0.4 is 10.6 Å². The zero-order valence-corrected chi connectivity index (χ0v) is 15.7. The molecule has 0 aromatic heterocycles. The molecule has 6 heteroatoms. The fourth-order valence-electron chi connectivity index (χ4n) is 3.98. The van der Waals surface area contributed by atoms with E-state index in [0.29, 0.717) is 26.2 Å². The fourth-order valence-corrected chi connectivity index (χ4v) is 3.98. The van der Waals surface area contributed by atoms with Gasteiger partial charge in [-0.25, -0.2) is 4.79 Å². The van der Waals surface area contributed by atoms with Gasteiger partial charge in [0.15, 0.2) is 0 Å². The zero-order valence-electron chi connectivity index (χ0n) is 15.7. The Hall–Kier alpha value is -2.08. The Kier molecular flexibility index (Phi) is 5.81. The molecule has 1 fully saturated rings. The number of piperidine rings is 1. The second-order valence-corrected chi connectivity index (χ2v) is 7.21. The smallest absolute Gasteiger partial charge is 0.315 e. The molecule has 3 rings (SSSR count). The lowest BCUT2D eigenvalue weighted by molar-refractivity contribution is -0.129. The molecule has 1 saturated heterocycles. The van der Waals surface area contributed by atoms with Crippen molar-refractivity contribution in [3.05, 3.63) is 35.4 Å². The predicted molar refractivity (Wildman–Crippen MR) is 99.9 cm³/mol. The molecule has 26 heavy (non-hydrogen) atoms. The Morgan fingerprint density at radius 1 is 1.27 bits per heavy atom. The number of benzene rings is 1. The third kappa shape index (κ3) is 4.01. The summed E-state index contributed by atoms with van der Waals surface area (Å²) in [6.45, 7) is 6.23. The zero-order chi connectivity index (χ0) is 18.6. The number of likely N-dealkylation sites (tertiary alicyclic amines) is 1. The Bertz CT molecular complexity index is 655. The van der Waals surface area contributed by atoms with Gasteiger partial charge < -0.3 is 20.3 Å². The molecular weight excluding hydrogens is 330 g/mol. The van der Waals surface area contributed by atoms with E-state index < -0.39 is 5.60 Å². The van der Waals surface area contributed by atoms with Crippen molar-refractivity contribution >= 4 is 11.9 Å². The summed E-state index contributed by atoms with van der Waals surface area (Å²) in [7, 11) is 0. The SMILES string of the molecule is CCC1(CNC(=O)NC2CCN(C(C)=O)CC2)OCCc2ccccc21. The van der Waals surface area contributed by atoms with Crippen LogP contribution in [0.4, 0.5) is 4.79 Å². The number of rotatable bonds is 4. The molecule has 0 saturated carbocycles. The van der Waals surface area contributed by atoms with Crippen molar-refractivity contribution in [1.82, 2.24) is 15.5 Å². The summed E-state index contributed by atoms with van der Waals surface area (Å²) in [6.07, 6.45) is 3.32. The van der Waals surface area contributed by atoms with Crippen LogP contribution in [0.1, 0.15) is 44.2 Å². The predicted octanol–water partition coefficient (Wildman–Crippen LogP) is 2.17. The van der Waals surface area contributed by atoms with Gasteiger partial charge in [-0.05, 0) is 36.8 Å². The number of hydrogen-bond donors (Lipinski definition) is 2. The Labute approximate surface area is 155 Å². The van der Waals surface area contributed by atoms with Gasteiger partial charge in [0.25, 0.3) is 0 Å². The number of urea groups is 1. The van der Waals surface area contributed by atoms with Crippen LogP contribution in [0, 0.1) is 0 Å². The summed E-state index contributed by atoms with van der Waals surface area (Å²) in [4.78, 5) is 25.6. The van der Waals surface area contributed by atoms with Gasteiger partial charge >= 0.3 is 6.03 Å². The lowest BCUT2D eigenvalue weighted by Gasteiger charge is -2.39. The second-order valence-electron chi connectivity index (χ2n) is 7.21. The van der Waals surface area contributed by atoms with Crippen LogP contribution in [0.3, 0.4) is 0 Å². The lowest BCUT2D eigenvalue weighted by Crippen LogP contribution is -2.52. The van der Waals surface area contributed by atoms with Crippen molar-refractivity contribution in [3.63, 3.8) is 0 Å². The maximum Gasteiger partial charge on any atom is 0.315 e. The van der Waals surface area contributed by atoms with Gasteiger partial charge in [0.2, 0.25) is 5.91 Å². The number of fused-ring (bicyclic) bond motifs is 1. The number of carbonyl (C=O) groups excluding carboxylic acids is 2. The molecule has 1 atom stereocenters. The van der Waals surface area contributed by atoms with Crippen molar-refractivity contribution in [2.24, 2.45) is 0 Å². The van der Waals surface area contributed by atoms with Crippen LogP contribution in [0.25, 0.3) is 0 Å². The molecule has 0 bridgehead atoms. The van der Waals surface area contributed by atoms with Crippen molar-refractivity contribution < 1.29 is 14.3 Å². The van der Waals surface area contributed by atoms with E-state index in [4.69, 9.17) is 4.74 Å². The van der Waals surface area contributed by atoms with Crippen LogP contribution in [0.2, 0.25) is 0 Å². The van der Waals surface area contributed by atoms with Crippen LogP contribution in [0.15, 0.2) is 24.3 Å². The van der Waals surface area contributed by atoms with Crippen LogP contribution in [-0.2, 0) is 21.6 Å². The van der Waals surface area contributed by atoms with Crippen molar-refractivity contribution in [2.45, 2.75) is 51.2 Å². The normalized spacial score (nSPS) is 23.2. The third-order valence-corrected chi connectivity index (χ3v) is 5.64. The van der Waals surface area contributed by atoms with E-state index in [2.05, 4.69) is 35.8 Å². The van der Waals surface area contributed by atoms with E-state index in [0.717, 1.165) is 25.7 Å². The van der Waals surface area contributed by atoms with E-state index >= 15 is 0 Å². The molecule has 1 aromatic carbocycles. The Morgan fingerprint density at radius 2 is 2.00 bits per heavy atom. The van der Waals surface area contributed by atoms with Gasteiger partial charge in [-0.3, -0.25) is 4.79 Å². The first-order chi connectivity index (χ1) is 12.5. The first kappa shape index (κ1) is 18.7. The largest absolute Gasteiger partial charge is 0.368 e. The highest BCUT2D eigenvalue weighted by atomic mass is 16.5. The molecule has 0 spiro atoms. The minimum absolute atomic E-state index is 0.103. The molecule has 2 aliphatic heterocycles. The fraction of sp³-hybridized carbons (Fsp3) is 0.600. The van der Waals surface area contributed by atoms with Crippen LogP contribution in [-0.4, -0.2) is 49.1 Å². The number of amides is 3. The van der Waals surface area contributed by atoms with Crippen LogP contribution >= 0.6 is 0 Å². The maximum atomic E-state index is 12.4. The van der Waals surface area contributed by atoms with Crippen LogP contribution in [0.5, 0.6) is 0 Å².